The van der Waals surface area contributed by atoms with Crippen LogP contribution in [0.2, 0.25) is 0 Å². The van der Waals surface area contributed by atoms with E-state index < -0.39 is 0 Å². The quantitative estimate of drug-likeness (QED) is 0.676. The molecule has 0 spiro atoms. The van der Waals surface area contributed by atoms with Gasteiger partial charge in [0.15, 0.2) is 11.5 Å². The van der Waals surface area contributed by atoms with Gasteiger partial charge in [0.1, 0.15) is 25.5 Å². The van der Waals surface area contributed by atoms with Gasteiger partial charge in [0, 0.05) is 17.3 Å². The van der Waals surface area contributed by atoms with Crippen molar-refractivity contribution in [3.8, 4) is 28.5 Å². The minimum absolute atomic E-state index is 0.204. The second-order valence-electron chi connectivity index (χ2n) is 6.58. The Morgan fingerprint density at radius 3 is 2.60 bits per heavy atom. The summed E-state index contributed by atoms with van der Waals surface area (Å²) in [5.41, 5.74) is 1.57. The van der Waals surface area contributed by atoms with Gasteiger partial charge >= 0.3 is 0 Å². The Morgan fingerprint density at radius 2 is 1.83 bits per heavy atom. The fourth-order valence-electron chi connectivity index (χ4n) is 3.06. The highest BCUT2D eigenvalue weighted by Gasteiger charge is 2.14. The van der Waals surface area contributed by atoms with Gasteiger partial charge in [0.05, 0.1) is 12.3 Å². The van der Waals surface area contributed by atoms with E-state index in [1.165, 1.54) is 6.07 Å². The first-order valence-electron chi connectivity index (χ1n) is 9.63. The molecule has 0 unspecified atom stereocenters. The van der Waals surface area contributed by atoms with Crippen LogP contribution in [0.1, 0.15) is 6.92 Å². The predicted molar refractivity (Wildman–Crippen MR) is 111 cm³/mol. The summed E-state index contributed by atoms with van der Waals surface area (Å²) in [5, 5.41) is 7.09. The van der Waals surface area contributed by atoms with Gasteiger partial charge in [-0.3, -0.25) is 9.59 Å². The number of aromatic nitrogens is 2. The lowest BCUT2D eigenvalue weighted by molar-refractivity contribution is -0.117. The van der Waals surface area contributed by atoms with Crippen molar-refractivity contribution in [2.45, 2.75) is 13.5 Å². The predicted octanol–water partition coefficient (Wildman–Crippen LogP) is 2.72. The van der Waals surface area contributed by atoms with Crippen LogP contribution in [0.25, 0.3) is 11.3 Å². The Kier molecular flexibility index (Phi) is 5.65. The number of nitrogens with one attached hydrogen (secondary N) is 1. The van der Waals surface area contributed by atoms with Crippen LogP contribution in [0.5, 0.6) is 17.2 Å². The number of rotatable bonds is 6. The standard InChI is InChI=1S/C22H21N3O5/c1-2-28-17-6-4-16(5-7-17)23-21(26)14-25-22(27)10-8-18(24-25)15-3-9-19-20(13-15)30-12-11-29-19/h3-10,13H,2,11-12,14H2,1H3,(H,23,26). The van der Waals surface area contributed by atoms with Crippen LogP contribution in [0.4, 0.5) is 5.69 Å². The molecule has 1 aromatic heterocycles. The van der Waals surface area contributed by atoms with Crippen molar-refractivity contribution in [2.75, 3.05) is 25.1 Å². The average Bonchev–Trinajstić information content (AvgIpc) is 2.76. The van der Waals surface area contributed by atoms with Crippen LogP contribution >= 0.6 is 0 Å². The lowest BCUT2D eigenvalue weighted by Gasteiger charge is -2.18. The fourth-order valence-corrected chi connectivity index (χ4v) is 3.06. The zero-order chi connectivity index (χ0) is 20.9. The van der Waals surface area contributed by atoms with Crippen molar-refractivity contribution in [2.24, 2.45) is 0 Å². The fraction of sp³-hybridized carbons (Fsp3) is 0.227. The van der Waals surface area contributed by atoms with Gasteiger partial charge in [0.25, 0.3) is 5.56 Å². The van der Waals surface area contributed by atoms with E-state index in [-0.39, 0.29) is 18.0 Å². The number of fused-ring (bicyclic) bond motifs is 1. The van der Waals surface area contributed by atoms with Crippen molar-refractivity contribution in [1.29, 1.82) is 0 Å². The molecule has 30 heavy (non-hydrogen) atoms. The maximum Gasteiger partial charge on any atom is 0.267 e. The van der Waals surface area contributed by atoms with Crippen molar-refractivity contribution >= 4 is 11.6 Å². The van der Waals surface area contributed by atoms with E-state index in [4.69, 9.17) is 14.2 Å². The Bertz CT molecular complexity index is 1110. The van der Waals surface area contributed by atoms with E-state index >= 15 is 0 Å². The Hall–Kier alpha value is -3.81. The largest absolute Gasteiger partial charge is 0.494 e. The van der Waals surface area contributed by atoms with Crippen LogP contribution in [0.3, 0.4) is 0 Å². The molecule has 1 aliphatic heterocycles. The van der Waals surface area contributed by atoms with Crippen LogP contribution in [0.15, 0.2) is 59.4 Å². The molecule has 1 amide bonds. The number of hydrogen-bond donors (Lipinski definition) is 1. The van der Waals surface area contributed by atoms with Gasteiger partial charge in [-0.05, 0) is 55.5 Å². The molecule has 0 radical (unpaired) electrons. The van der Waals surface area contributed by atoms with Crippen molar-refractivity contribution < 1.29 is 19.0 Å². The molecule has 0 bridgehead atoms. The van der Waals surface area contributed by atoms with Crippen molar-refractivity contribution in [3.63, 3.8) is 0 Å². The maximum atomic E-state index is 12.4. The zero-order valence-corrected chi connectivity index (χ0v) is 16.5. The van der Waals surface area contributed by atoms with Crippen LogP contribution < -0.4 is 25.1 Å². The van der Waals surface area contributed by atoms with E-state index in [0.29, 0.717) is 42.7 Å². The molecule has 1 aliphatic rings. The lowest BCUT2D eigenvalue weighted by atomic mass is 10.1. The molecule has 8 heteroatoms. The number of anilines is 1. The van der Waals surface area contributed by atoms with E-state index in [1.807, 2.05) is 19.1 Å². The summed E-state index contributed by atoms with van der Waals surface area (Å²) in [7, 11) is 0. The van der Waals surface area contributed by atoms with E-state index in [1.54, 1.807) is 36.4 Å². The molecule has 0 saturated carbocycles. The van der Waals surface area contributed by atoms with Gasteiger partial charge in [-0.2, -0.15) is 5.10 Å². The molecule has 1 N–H and O–H groups in total. The molecule has 3 aromatic rings. The molecule has 0 atom stereocenters. The molecule has 4 rings (SSSR count). The Morgan fingerprint density at radius 1 is 1.07 bits per heavy atom. The Balaban J connectivity index is 1.49. The Labute approximate surface area is 173 Å². The van der Waals surface area contributed by atoms with Gasteiger partial charge in [-0.15, -0.1) is 0 Å². The monoisotopic (exact) mass is 407 g/mol. The molecule has 2 aromatic carbocycles. The van der Waals surface area contributed by atoms with E-state index in [0.717, 1.165) is 16.0 Å². The number of benzene rings is 2. The SMILES string of the molecule is CCOc1ccc(NC(=O)Cn2nc(-c3ccc4c(c3)OCCO4)ccc2=O)cc1. The highest BCUT2D eigenvalue weighted by Crippen LogP contribution is 2.33. The van der Waals surface area contributed by atoms with Gasteiger partial charge < -0.3 is 19.5 Å². The van der Waals surface area contributed by atoms with Gasteiger partial charge in [-0.25, -0.2) is 4.68 Å². The first kappa shape index (κ1) is 19.5. The number of carbonyl (C=O) groups excluding carboxylic acids is 1. The van der Waals surface area contributed by atoms with Crippen molar-refractivity contribution in [1.82, 2.24) is 9.78 Å². The third-order valence-corrected chi connectivity index (χ3v) is 4.45. The normalized spacial score (nSPS) is 12.3. The summed E-state index contributed by atoms with van der Waals surface area (Å²) in [6, 6.07) is 15.5. The highest BCUT2D eigenvalue weighted by atomic mass is 16.6. The summed E-state index contributed by atoms with van der Waals surface area (Å²) in [4.78, 5) is 24.6. The molecule has 0 fully saturated rings. The first-order valence-corrected chi connectivity index (χ1v) is 9.63. The molecular formula is C22H21N3O5. The lowest BCUT2D eigenvalue weighted by Crippen LogP contribution is -2.29. The zero-order valence-electron chi connectivity index (χ0n) is 16.5. The first-order chi connectivity index (χ1) is 14.6. The molecule has 154 valence electrons. The summed E-state index contributed by atoms with van der Waals surface area (Å²) in [5.74, 6) is 1.67. The number of hydrogen-bond acceptors (Lipinski definition) is 6. The van der Waals surface area contributed by atoms with Gasteiger partial charge in [0.2, 0.25) is 5.91 Å². The summed E-state index contributed by atoms with van der Waals surface area (Å²) in [6.45, 7) is 3.26. The summed E-state index contributed by atoms with van der Waals surface area (Å²) >= 11 is 0. The molecular weight excluding hydrogens is 386 g/mol. The third-order valence-electron chi connectivity index (χ3n) is 4.45. The smallest absolute Gasteiger partial charge is 0.267 e. The second kappa shape index (κ2) is 8.69. The number of nitrogens with zero attached hydrogens (tertiary/aromatic N) is 2. The second-order valence-corrected chi connectivity index (χ2v) is 6.58. The van der Waals surface area contributed by atoms with Gasteiger partial charge in [-0.1, -0.05) is 0 Å². The van der Waals surface area contributed by atoms with Crippen LogP contribution in [0, 0.1) is 0 Å². The molecule has 0 saturated heterocycles. The van der Waals surface area contributed by atoms with E-state index in [2.05, 4.69) is 10.4 Å². The highest BCUT2D eigenvalue weighted by molar-refractivity contribution is 5.90. The topological polar surface area (TPSA) is 91.7 Å². The minimum atomic E-state index is -0.363. The van der Waals surface area contributed by atoms with E-state index in [9.17, 15) is 9.59 Å². The molecule has 0 aliphatic carbocycles. The number of ether oxygens (including phenoxy) is 3. The van der Waals surface area contributed by atoms with Crippen molar-refractivity contribution in [3.05, 3.63) is 65.0 Å². The minimum Gasteiger partial charge on any atom is -0.494 e. The average molecular weight is 407 g/mol. The summed E-state index contributed by atoms with van der Waals surface area (Å²) < 4.78 is 17.6. The molecule has 2 heterocycles. The third kappa shape index (κ3) is 4.43. The number of amides is 1. The number of carbonyl (C=O) groups is 1. The molecule has 8 nitrogen and oxygen atoms in total. The maximum absolute atomic E-state index is 12.4. The van der Waals surface area contributed by atoms with Crippen LogP contribution in [-0.2, 0) is 11.3 Å². The summed E-state index contributed by atoms with van der Waals surface area (Å²) in [6.07, 6.45) is 0. The van der Waals surface area contributed by atoms with Crippen LogP contribution in [-0.4, -0.2) is 35.5 Å².